The van der Waals surface area contributed by atoms with Crippen LogP contribution in [0.3, 0.4) is 0 Å². The van der Waals surface area contributed by atoms with Gasteiger partial charge < -0.3 is 5.11 Å². The van der Waals surface area contributed by atoms with E-state index in [4.69, 9.17) is 0 Å². The van der Waals surface area contributed by atoms with Crippen molar-refractivity contribution in [2.45, 2.75) is 31.3 Å². The summed E-state index contributed by atoms with van der Waals surface area (Å²) < 4.78 is 0. The number of aliphatic hydroxyl groups is 1. The van der Waals surface area contributed by atoms with Crippen LogP contribution < -0.4 is 0 Å². The molecular weight excluding hydrogens is 184 g/mol. The molecule has 78 valence electrons. The van der Waals surface area contributed by atoms with Gasteiger partial charge in [-0.3, -0.25) is 0 Å². The van der Waals surface area contributed by atoms with Crippen molar-refractivity contribution in [2.75, 3.05) is 0 Å². The summed E-state index contributed by atoms with van der Waals surface area (Å²) in [5.41, 5.74) is 5.15. The molecule has 2 rings (SSSR count). The van der Waals surface area contributed by atoms with Gasteiger partial charge >= 0.3 is 0 Å². The molecule has 0 amide bonds. The fourth-order valence-electron chi connectivity index (χ4n) is 2.26. The molecule has 1 N–H and O–H groups in total. The lowest BCUT2D eigenvalue weighted by Crippen LogP contribution is -2.20. The van der Waals surface area contributed by atoms with E-state index in [1.54, 1.807) is 0 Å². The van der Waals surface area contributed by atoms with Gasteiger partial charge in [-0.25, -0.2) is 0 Å². The SMILES string of the molecule is C=C=C1CC[C@H](c2ccccc2)C[C@@H]1O. The van der Waals surface area contributed by atoms with E-state index in [0.29, 0.717) is 5.92 Å². The Bertz CT molecular complexity index is 374. The molecule has 0 heterocycles. The van der Waals surface area contributed by atoms with Crippen LogP contribution in [-0.4, -0.2) is 11.2 Å². The maximum Gasteiger partial charge on any atom is 0.0829 e. The van der Waals surface area contributed by atoms with Gasteiger partial charge in [-0.15, -0.1) is 5.73 Å². The van der Waals surface area contributed by atoms with Crippen molar-refractivity contribution < 1.29 is 5.11 Å². The zero-order valence-electron chi connectivity index (χ0n) is 8.82. The van der Waals surface area contributed by atoms with Gasteiger partial charge in [0.25, 0.3) is 0 Å². The molecule has 0 radical (unpaired) electrons. The minimum Gasteiger partial charge on any atom is -0.388 e. The van der Waals surface area contributed by atoms with E-state index in [-0.39, 0.29) is 6.10 Å². The van der Waals surface area contributed by atoms with E-state index in [0.717, 1.165) is 24.8 Å². The largest absolute Gasteiger partial charge is 0.388 e. The quantitative estimate of drug-likeness (QED) is 0.691. The second-order valence-electron chi connectivity index (χ2n) is 4.10. The van der Waals surface area contributed by atoms with Gasteiger partial charge in [0.15, 0.2) is 0 Å². The Morgan fingerprint density at radius 3 is 2.60 bits per heavy atom. The lowest BCUT2D eigenvalue weighted by atomic mass is 9.80. The Morgan fingerprint density at radius 1 is 1.27 bits per heavy atom. The highest BCUT2D eigenvalue weighted by Crippen LogP contribution is 2.34. The fourth-order valence-corrected chi connectivity index (χ4v) is 2.26. The molecule has 0 aliphatic heterocycles. The third-order valence-electron chi connectivity index (χ3n) is 3.17. The van der Waals surface area contributed by atoms with E-state index in [1.165, 1.54) is 5.56 Å². The van der Waals surface area contributed by atoms with E-state index >= 15 is 0 Å². The maximum atomic E-state index is 9.86. The van der Waals surface area contributed by atoms with Gasteiger partial charge in [0.05, 0.1) is 6.10 Å². The monoisotopic (exact) mass is 200 g/mol. The summed E-state index contributed by atoms with van der Waals surface area (Å²) in [5, 5.41) is 9.86. The molecule has 1 aliphatic carbocycles. The van der Waals surface area contributed by atoms with Crippen molar-refractivity contribution in [3.8, 4) is 0 Å². The van der Waals surface area contributed by atoms with Crippen LogP contribution in [0.4, 0.5) is 0 Å². The van der Waals surface area contributed by atoms with Crippen molar-refractivity contribution in [1.29, 1.82) is 0 Å². The molecule has 0 unspecified atom stereocenters. The topological polar surface area (TPSA) is 20.2 Å². The Hall–Kier alpha value is -1.30. The molecule has 1 aromatic rings. The molecule has 1 aromatic carbocycles. The second kappa shape index (κ2) is 4.48. The summed E-state index contributed by atoms with van der Waals surface area (Å²) in [6.07, 6.45) is 2.48. The second-order valence-corrected chi connectivity index (χ2v) is 4.10. The van der Waals surface area contributed by atoms with Crippen LogP contribution in [0.1, 0.15) is 30.7 Å². The average Bonchev–Trinajstić information content (AvgIpc) is 2.30. The third kappa shape index (κ3) is 2.20. The molecule has 1 nitrogen and oxygen atoms in total. The van der Waals surface area contributed by atoms with Gasteiger partial charge in [-0.1, -0.05) is 36.9 Å². The Balaban J connectivity index is 2.13. The van der Waals surface area contributed by atoms with E-state index in [2.05, 4.69) is 36.6 Å². The molecule has 1 fully saturated rings. The van der Waals surface area contributed by atoms with E-state index < -0.39 is 0 Å². The molecule has 0 bridgehead atoms. The molecule has 1 aliphatic rings. The Kier molecular flexibility index (Phi) is 3.05. The standard InChI is InChI=1S/C14H16O/c1-2-11-8-9-13(10-14(11)15)12-6-4-3-5-7-12/h3-7,13-15H,1,8-10H2/t13-,14-/m0/s1. The highest BCUT2D eigenvalue weighted by molar-refractivity contribution is 5.23. The predicted octanol–water partition coefficient (Wildman–Crippen LogP) is 3.03. The summed E-state index contributed by atoms with van der Waals surface area (Å²) in [4.78, 5) is 0. The minimum absolute atomic E-state index is 0.346. The first-order valence-electron chi connectivity index (χ1n) is 5.43. The number of benzene rings is 1. The van der Waals surface area contributed by atoms with Crippen LogP contribution in [0.15, 0.2) is 48.2 Å². The smallest absolute Gasteiger partial charge is 0.0829 e. The number of hydrogen-bond acceptors (Lipinski definition) is 1. The van der Waals surface area contributed by atoms with Crippen molar-refractivity contribution in [3.63, 3.8) is 0 Å². The van der Waals surface area contributed by atoms with Gasteiger partial charge in [0.1, 0.15) is 0 Å². The van der Waals surface area contributed by atoms with Gasteiger partial charge in [-0.05, 0) is 36.3 Å². The molecule has 0 saturated heterocycles. The minimum atomic E-state index is -0.346. The highest BCUT2D eigenvalue weighted by atomic mass is 16.3. The fraction of sp³-hybridized carbons (Fsp3) is 0.357. The van der Waals surface area contributed by atoms with Crippen LogP contribution in [0.2, 0.25) is 0 Å². The van der Waals surface area contributed by atoms with Crippen LogP contribution >= 0.6 is 0 Å². The number of aliphatic hydroxyl groups excluding tert-OH is 1. The van der Waals surface area contributed by atoms with Crippen LogP contribution in [0.5, 0.6) is 0 Å². The van der Waals surface area contributed by atoms with Crippen LogP contribution in [-0.2, 0) is 0 Å². The van der Waals surface area contributed by atoms with Crippen molar-refractivity contribution in [2.24, 2.45) is 0 Å². The van der Waals surface area contributed by atoms with Crippen LogP contribution in [0.25, 0.3) is 0 Å². The summed E-state index contributed by atoms with van der Waals surface area (Å²) >= 11 is 0. The molecule has 15 heavy (non-hydrogen) atoms. The lowest BCUT2D eigenvalue weighted by Gasteiger charge is -2.27. The lowest BCUT2D eigenvalue weighted by molar-refractivity contribution is 0.168. The Labute approximate surface area is 90.8 Å². The number of rotatable bonds is 1. The van der Waals surface area contributed by atoms with Crippen molar-refractivity contribution in [1.82, 2.24) is 0 Å². The van der Waals surface area contributed by atoms with Crippen LogP contribution in [0, 0.1) is 0 Å². The average molecular weight is 200 g/mol. The summed E-state index contributed by atoms with van der Waals surface area (Å²) in [6, 6.07) is 10.4. The van der Waals surface area contributed by atoms with E-state index in [9.17, 15) is 5.11 Å². The van der Waals surface area contributed by atoms with E-state index in [1.807, 2.05) is 6.07 Å². The van der Waals surface area contributed by atoms with Gasteiger partial charge in [0.2, 0.25) is 0 Å². The zero-order chi connectivity index (χ0) is 10.7. The zero-order valence-corrected chi connectivity index (χ0v) is 8.82. The molecule has 1 heteroatoms. The first-order chi connectivity index (χ1) is 7.31. The molecule has 0 aromatic heterocycles. The maximum absolute atomic E-state index is 9.86. The number of hydrogen-bond donors (Lipinski definition) is 1. The molecule has 1 saturated carbocycles. The molecule has 0 spiro atoms. The summed E-state index contributed by atoms with van der Waals surface area (Å²) in [7, 11) is 0. The predicted molar refractivity (Wildman–Crippen MR) is 61.7 cm³/mol. The summed E-state index contributed by atoms with van der Waals surface area (Å²) in [6.45, 7) is 3.61. The Morgan fingerprint density at radius 2 is 2.00 bits per heavy atom. The highest BCUT2D eigenvalue weighted by Gasteiger charge is 2.24. The van der Waals surface area contributed by atoms with Gasteiger partial charge in [0, 0.05) is 0 Å². The van der Waals surface area contributed by atoms with Gasteiger partial charge in [-0.2, -0.15) is 0 Å². The summed E-state index contributed by atoms with van der Waals surface area (Å²) in [5.74, 6) is 0.485. The molecular formula is C14H16O. The first kappa shape index (κ1) is 10.2. The third-order valence-corrected chi connectivity index (χ3v) is 3.17. The first-order valence-corrected chi connectivity index (χ1v) is 5.43. The van der Waals surface area contributed by atoms with Crippen molar-refractivity contribution in [3.05, 3.63) is 53.8 Å². The molecule has 2 atom stereocenters. The normalized spacial score (nSPS) is 26.1. The van der Waals surface area contributed by atoms with Crippen molar-refractivity contribution >= 4 is 0 Å².